The Morgan fingerprint density at radius 3 is 1.44 bits per heavy atom. The molecule has 0 aromatic heterocycles. The molecule has 0 aliphatic heterocycles. The molecule has 0 aromatic carbocycles. The molecule has 0 aromatic rings. The molecule has 2 N–H and O–H groups in total. The van der Waals surface area contributed by atoms with Gasteiger partial charge in [-0.1, -0.05) is 223 Å². The van der Waals surface area contributed by atoms with Crippen LogP contribution in [0.4, 0.5) is 0 Å². The Balaban J connectivity index is 4.05. The molecule has 8 nitrogen and oxygen atoms in total. The number of carbonyl (C=O) groups is 1. The number of hydrogen-bond acceptors (Lipinski definition) is 6. The maximum absolute atomic E-state index is 12.9. The predicted molar refractivity (Wildman–Crippen MR) is 265 cm³/mol. The maximum atomic E-state index is 12.9. The number of nitrogens with one attached hydrogen (secondary N) is 1. The van der Waals surface area contributed by atoms with Gasteiger partial charge in [-0.3, -0.25) is 9.36 Å². The number of aliphatic hydroxyl groups is 1. The van der Waals surface area contributed by atoms with Gasteiger partial charge in [-0.05, 0) is 51.4 Å². The van der Waals surface area contributed by atoms with Gasteiger partial charge >= 0.3 is 0 Å². The number of carbonyl (C=O) groups excluding carboxylic acids is 1. The van der Waals surface area contributed by atoms with Crippen molar-refractivity contribution in [3.8, 4) is 0 Å². The highest BCUT2D eigenvalue weighted by molar-refractivity contribution is 7.45. The zero-order valence-electron chi connectivity index (χ0n) is 41.3. The molecule has 0 radical (unpaired) electrons. The molecular formula is C53H101N2O6P. The third-order valence-electron chi connectivity index (χ3n) is 11.6. The fourth-order valence-electron chi connectivity index (χ4n) is 7.50. The van der Waals surface area contributed by atoms with E-state index in [0.717, 1.165) is 64.2 Å². The van der Waals surface area contributed by atoms with Crippen LogP contribution in [0.2, 0.25) is 0 Å². The van der Waals surface area contributed by atoms with Gasteiger partial charge in [-0.15, -0.1) is 0 Å². The van der Waals surface area contributed by atoms with E-state index in [9.17, 15) is 19.4 Å². The van der Waals surface area contributed by atoms with Gasteiger partial charge in [0.05, 0.1) is 39.9 Å². The van der Waals surface area contributed by atoms with Crippen LogP contribution >= 0.6 is 7.82 Å². The fourth-order valence-corrected chi connectivity index (χ4v) is 8.23. The van der Waals surface area contributed by atoms with Gasteiger partial charge in [0.15, 0.2) is 0 Å². The van der Waals surface area contributed by atoms with Crippen LogP contribution in [-0.4, -0.2) is 68.5 Å². The molecule has 3 atom stereocenters. The number of unbranched alkanes of at least 4 members (excludes halogenated alkanes) is 26. The fraction of sp³-hybridized carbons (Fsp3) is 0.830. The highest BCUT2D eigenvalue weighted by Crippen LogP contribution is 2.38. The zero-order valence-corrected chi connectivity index (χ0v) is 42.2. The maximum Gasteiger partial charge on any atom is 0.268 e. The molecule has 0 aliphatic carbocycles. The lowest BCUT2D eigenvalue weighted by molar-refractivity contribution is -0.870. The van der Waals surface area contributed by atoms with Crippen LogP contribution in [0.1, 0.15) is 232 Å². The Kier molecular flexibility index (Phi) is 43.5. The zero-order chi connectivity index (χ0) is 45.7. The van der Waals surface area contributed by atoms with Crippen molar-refractivity contribution in [2.75, 3.05) is 40.9 Å². The summed E-state index contributed by atoms with van der Waals surface area (Å²) in [5.74, 6) is -0.166. The van der Waals surface area contributed by atoms with Gasteiger partial charge in [0.25, 0.3) is 7.82 Å². The lowest BCUT2D eigenvalue weighted by Crippen LogP contribution is -2.46. The molecule has 0 spiro atoms. The molecule has 0 saturated carbocycles. The molecule has 0 aliphatic rings. The number of allylic oxidation sites excluding steroid dienone is 8. The first-order chi connectivity index (χ1) is 30.0. The van der Waals surface area contributed by atoms with E-state index in [1.165, 1.54) is 141 Å². The monoisotopic (exact) mass is 893 g/mol. The molecule has 3 unspecified atom stereocenters. The molecule has 364 valence electrons. The van der Waals surface area contributed by atoms with E-state index < -0.39 is 20.0 Å². The summed E-state index contributed by atoms with van der Waals surface area (Å²) >= 11 is 0. The van der Waals surface area contributed by atoms with Crippen LogP contribution < -0.4 is 10.2 Å². The summed E-state index contributed by atoms with van der Waals surface area (Å²) in [6.07, 6.45) is 57.1. The minimum atomic E-state index is -4.56. The summed E-state index contributed by atoms with van der Waals surface area (Å²) in [4.78, 5) is 25.4. The van der Waals surface area contributed by atoms with Crippen molar-refractivity contribution in [2.45, 2.75) is 244 Å². The predicted octanol–water partition coefficient (Wildman–Crippen LogP) is 14.6. The molecule has 62 heavy (non-hydrogen) atoms. The van der Waals surface area contributed by atoms with Crippen LogP contribution in [0, 0.1) is 0 Å². The first kappa shape index (κ1) is 60.5. The summed E-state index contributed by atoms with van der Waals surface area (Å²) in [5, 5.41) is 13.9. The van der Waals surface area contributed by atoms with E-state index in [1.54, 1.807) is 0 Å². The number of phosphoric ester groups is 1. The molecule has 0 fully saturated rings. The number of aliphatic hydroxyl groups excluding tert-OH is 1. The Hall–Kier alpha value is -1.54. The van der Waals surface area contributed by atoms with E-state index in [1.807, 2.05) is 21.1 Å². The summed E-state index contributed by atoms with van der Waals surface area (Å²) < 4.78 is 23.3. The Morgan fingerprint density at radius 2 is 0.984 bits per heavy atom. The van der Waals surface area contributed by atoms with Crippen molar-refractivity contribution in [1.82, 2.24) is 5.32 Å². The van der Waals surface area contributed by atoms with Gasteiger partial charge in [-0.2, -0.15) is 0 Å². The van der Waals surface area contributed by atoms with Crippen LogP contribution in [0.15, 0.2) is 48.6 Å². The van der Waals surface area contributed by atoms with Gasteiger partial charge in [0.1, 0.15) is 13.2 Å². The number of rotatable bonds is 47. The minimum absolute atomic E-state index is 0.0121. The number of hydrogen-bond donors (Lipinski definition) is 2. The van der Waals surface area contributed by atoms with Crippen molar-refractivity contribution in [3.63, 3.8) is 0 Å². The van der Waals surface area contributed by atoms with E-state index in [0.29, 0.717) is 23.9 Å². The number of likely N-dealkylation sites (N-methyl/N-ethyl adjacent to an activating group) is 1. The molecule has 0 rings (SSSR count). The lowest BCUT2D eigenvalue weighted by Gasteiger charge is -2.30. The van der Waals surface area contributed by atoms with Crippen LogP contribution in [0.25, 0.3) is 0 Å². The van der Waals surface area contributed by atoms with E-state index in [4.69, 9.17) is 9.05 Å². The molecule has 0 bridgehead atoms. The van der Waals surface area contributed by atoms with E-state index in [-0.39, 0.29) is 19.1 Å². The van der Waals surface area contributed by atoms with E-state index in [2.05, 4.69) is 67.8 Å². The average molecular weight is 893 g/mol. The van der Waals surface area contributed by atoms with Crippen molar-refractivity contribution < 1.29 is 32.9 Å². The average Bonchev–Trinajstić information content (AvgIpc) is 3.23. The minimum Gasteiger partial charge on any atom is -0.756 e. The summed E-state index contributed by atoms with van der Waals surface area (Å²) in [6.45, 7) is 4.60. The molecule has 0 heterocycles. The highest BCUT2D eigenvalue weighted by atomic mass is 31.2. The lowest BCUT2D eigenvalue weighted by atomic mass is 10.0. The van der Waals surface area contributed by atoms with Gasteiger partial charge in [0.2, 0.25) is 5.91 Å². The SMILES string of the molecule is CC/C=C\C/C=C\C/C=C\C/C=C\CCCCCCCCCCCCCCCCCCC(=O)NC(COP(=O)([O-])OCC[N+](C)(C)C)C(O)CCCCCCCCCCCCC. The third-order valence-corrected chi connectivity index (χ3v) is 12.5. The van der Waals surface area contributed by atoms with Crippen molar-refractivity contribution in [1.29, 1.82) is 0 Å². The largest absolute Gasteiger partial charge is 0.756 e. The normalized spacial score (nSPS) is 14.5. The summed E-state index contributed by atoms with van der Waals surface area (Å²) in [5.41, 5.74) is 0. The number of nitrogens with zero attached hydrogens (tertiary/aromatic N) is 1. The second-order valence-electron chi connectivity index (χ2n) is 18.9. The van der Waals surface area contributed by atoms with Gasteiger partial charge < -0.3 is 28.8 Å². The molecule has 1 amide bonds. The second-order valence-corrected chi connectivity index (χ2v) is 20.3. The summed E-state index contributed by atoms with van der Waals surface area (Å²) in [6, 6.07) is -0.799. The van der Waals surface area contributed by atoms with Crippen LogP contribution in [-0.2, 0) is 18.4 Å². The Labute approximate surface area is 384 Å². The third kappa shape index (κ3) is 46.5. The van der Waals surface area contributed by atoms with E-state index >= 15 is 0 Å². The van der Waals surface area contributed by atoms with Crippen LogP contribution in [0.3, 0.4) is 0 Å². The molecular weight excluding hydrogens is 792 g/mol. The van der Waals surface area contributed by atoms with Crippen molar-refractivity contribution >= 4 is 13.7 Å². The topological polar surface area (TPSA) is 108 Å². The second kappa shape index (κ2) is 44.7. The Morgan fingerprint density at radius 1 is 0.581 bits per heavy atom. The van der Waals surface area contributed by atoms with Gasteiger partial charge in [-0.25, -0.2) is 0 Å². The highest BCUT2D eigenvalue weighted by Gasteiger charge is 2.24. The number of quaternary nitrogens is 1. The number of amides is 1. The Bertz CT molecular complexity index is 1150. The van der Waals surface area contributed by atoms with Crippen molar-refractivity contribution in [2.24, 2.45) is 0 Å². The number of phosphoric acid groups is 1. The van der Waals surface area contributed by atoms with Crippen molar-refractivity contribution in [3.05, 3.63) is 48.6 Å². The first-order valence-corrected chi connectivity index (χ1v) is 27.4. The molecule has 9 heteroatoms. The summed E-state index contributed by atoms with van der Waals surface area (Å²) in [7, 11) is 1.31. The van der Waals surface area contributed by atoms with Crippen LogP contribution in [0.5, 0.6) is 0 Å². The quantitative estimate of drug-likeness (QED) is 0.0273. The molecule has 0 saturated heterocycles. The van der Waals surface area contributed by atoms with Gasteiger partial charge in [0, 0.05) is 6.42 Å². The standard InChI is InChI=1S/C53H101N2O6P/c1-6-8-10-12-14-16-18-19-20-21-22-23-24-25-26-27-28-29-30-31-32-33-34-35-37-39-41-43-45-47-53(57)54-51(50-61-62(58,59)60-49-48-55(3,4)5)52(56)46-44-42-40-38-36-17-15-13-11-9-7-2/h8,10,14,16,19-20,22-23,51-52,56H,6-7,9,11-13,15,17-18,21,24-50H2,1-5H3,(H-,54,57,58,59)/b10-8-,16-14-,20-19-,23-22-. The smallest absolute Gasteiger partial charge is 0.268 e. The first-order valence-electron chi connectivity index (χ1n) is 26.0.